The van der Waals surface area contributed by atoms with Crippen molar-refractivity contribution in [3.63, 3.8) is 0 Å². The highest BCUT2D eigenvalue weighted by molar-refractivity contribution is 5.88. The molecule has 1 aliphatic rings. The quantitative estimate of drug-likeness (QED) is 0.306. The summed E-state index contributed by atoms with van der Waals surface area (Å²) in [6, 6.07) is 21.0. The minimum atomic E-state index is -0.826. The lowest BCUT2D eigenvalue weighted by molar-refractivity contribution is 0.443. The lowest BCUT2D eigenvalue weighted by Gasteiger charge is -2.36. The second kappa shape index (κ2) is 7.25. The lowest BCUT2D eigenvalue weighted by Crippen LogP contribution is -2.30. The number of fused-ring (bicyclic) bond motifs is 3. The molecular weight excluding hydrogens is 404 g/mol. The van der Waals surface area contributed by atoms with Gasteiger partial charge in [0.2, 0.25) is 0 Å². The number of hydrogen-bond acceptors (Lipinski definition) is 2. The summed E-state index contributed by atoms with van der Waals surface area (Å²) in [6.07, 6.45) is 0. The first-order chi connectivity index (χ1) is 15.7. The van der Waals surface area contributed by atoms with Crippen LogP contribution in [0.4, 0.5) is 0 Å². The average Bonchev–Trinajstić information content (AvgIpc) is 3.12. The zero-order valence-corrected chi connectivity index (χ0v) is 20.2. The SMILES string of the molecule is Cc1cc(C2(c3cc(C)c(C)c(C)c3O)c3ccccc3-c3ccccc32)c(O)c(C)c1C. The Kier molecular flexibility index (Phi) is 4.68. The Bertz CT molecular complexity index is 1330. The fraction of sp³-hybridized carbons (Fsp3) is 0.226. The fourth-order valence-corrected chi connectivity index (χ4v) is 5.67. The molecule has 2 nitrogen and oxygen atoms in total. The van der Waals surface area contributed by atoms with E-state index in [9.17, 15) is 10.2 Å². The van der Waals surface area contributed by atoms with Gasteiger partial charge in [0.05, 0.1) is 5.41 Å². The maximum absolute atomic E-state index is 11.6. The van der Waals surface area contributed by atoms with Crippen LogP contribution < -0.4 is 0 Å². The number of phenols is 2. The summed E-state index contributed by atoms with van der Waals surface area (Å²) in [5.41, 5.74) is 11.4. The molecule has 166 valence electrons. The van der Waals surface area contributed by atoms with Crippen molar-refractivity contribution in [3.05, 3.63) is 116 Å². The van der Waals surface area contributed by atoms with Crippen molar-refractivity contribution in [3.8, 4) is 22.6 Å². The lowest BCUT2D eigenvalue weighted by atomic mass is 9.65. The predicted octanol–water partition coefficient (Wildman–Crippen LogP) is 7.31. The summed E-state index contributed by atoms with van der Waals surface area (Å²) in [7, 11) is 0. The first-order valence-electron chi connectivity index (χ1n) is 11.5. The minimum Gasteiger partial charge on any atom is -0.507 e. The molecule has 0 radical (unpaired) electrons. The van der Waals surface area contributed by atoms with Crippen LogP contribution in [0.3, 0.4) is 0 Å². The maximum Gasteiger partial charge on any atom is 0.123 e. The topological polar surface area (TPSA) is 40.5 Å². The van der Waals surface area contributed by atoms with Crippen molar-refractivity contribution in [2.75, 3.05) is 0 Å². The molecule has 0 amide bonds. The highest BCUT2D eigenvalue weighted by atomic mass is 16.3. The van der Waals surface area contributed by atoms with Crippen molar-refractivity contribution >= 4 is 0 Å². The van der Waals surface area contributed by atoms with Gasteiger partial charge in [0.25, 0.3) is 0 Å². The third kappa shape index (κ3) is 2.67. The molecule has 2 heteroatoms. The van der Waals surface area contributed by atoms with Gasteiger partial charge in [0.15, 0.2) is 0 Å². The van der Waals surface area contributed by atoms with Crippen molar-refractivity contribution < 1.29 is 10.2 Å². The highest BCUT2D eigenvalue weighted by Gasteiger charge is 2.49. The Morgan fingerprint density at radius 2 is 0.848 bits per heavy atom. The predicted molar refractivity (Wildman–Crippen MR) is 135 cm³/mol. The van der Waals surface area contributed by atoms with E-state index in [1.807, 2.05) is 13.8 Å². The molecule has 0 aromatic heterocycles. The smallest absolute Gasteiger partial charge is 0.123 e. The Labute approximate surface area is 196 Å². The third-order valence-corrected chi connectivity index (χ3v) is 8.01. The van der Waals surface area contributed by atoms with Gasteiger partial charge in [-0.2, -0.15) is 0 Å². The molecule has 0 aliphatic heterocycles. The molecule has 0 spiro atoms. The van der Waals surface area contributed by atoms with Crippen LogP contribution in [0.25, 0.3) is 11.1 Å². The van der Waals surface area contributed by atoms with E-state index in [0.717, 1.165) is 66.8 Å². The van der Waals surface area contributed by atoms with E-state index < -0.39 is 5.41 Å². The molecular formula is C31H30O2. The summed E-state index contributed by atoms with van der Waals surface area (Å²) in [5, 5.41) is 23.3. The van der Waals surface area contributed by atoms with Gasteiger partial charge in [0.1, 0.15) is 11.5 Å². The Morgan fingerprint density at radius 1 is 0.485 bits per heavy atom. The van der Waals surface area contributed by atoms with Crippen molar-refractivity contribution in [1.82, 2.24) is 0 Å². The van der Waals surface area contributed by atoms with E-state index in [1.165, 1.54) is 0 Å². The summed E-state index contributed by atoms with van der Waals surface area (Å²) in [4.78, 5) is 0. The molecule has 0 fully saturated rings. The zero-order valence-electron chi connectivity index (χ0n) is 20.2. The molecule has 33 heavy (non-hydrogen) atoms. The number of benzene rings is 4. The van der Waals surface area contributed by atoms with Crippen LogP contribution in [0, 0.1) is 41.5 Å². The van der Waals surface area contributed by atoms with Crippen LogP contribution >= 0.6 is 0 Å². The van der Waals surface area contributed by atoms with E-state index in [4.69, 9.17) is 0 Å². The molecule has 4 aromatic rings. The normalized spacial score (nSPS) is 13.6. The van der Waals surface area contributed by atoms with Crippen LogP contribution in [0.5, 0.6) is 11.5 Å². The van der Waals surface area contributed by atoms with Gasteiger partial charge >= 0.3 is 0 Å². The molecule has 0 heterocycles. The molecule has 0 unspecified atom stereocenters. The number of hydrogen-bond donors (Lipinski definition) is 2. The summed E-state index contributed by atoms with van der Waals surface area (Å²) < 4.78 is 0. The summed E-state index contributed by atoms with van der Waals surface area (Å²) in [6.45, 7) is 12.2. The first-order valence-corrected chi connectivity index (χ1v) is 11.5. The molecule has 2 N–H and O–H groups in total. The second-order valence-electron chi connectivity index (χ2n) is 9.52. The Balaban J connectivity index is 2.07. The van der Waals surface area contributed by atoms with E-state index in [-0.39, 0.29) is 0 Å². The van der Waals surface area contributed by atoms with Gasteiger partial charge < -0.3 is 10.2 Å². The van der Waals surface area contributed by atoms with Crippen molar-refractivity contribution in [2.45, 2.75) is 47.0 Å². The molecule has 0 saturated heterocycles. The van der Waals surface area contributed by atoms with Gasteiger partial charge in [0, 0.05) is 11.1 Å². The van der Waals surface area contributed by atoms with Gasteiger partial charge in [-0.3, -0.25) is 0 Å². The maximum atomic E-state index is 11.6. The van der Waals surface area contributed by atoms with E-state index in [1.54, 1.807) is 0 Å². The summed E-state index contributed by atoms with van der Waals surface area (Å²) >= 11 is 0. The highest BCUT2D eigenvalue weighted by Crippen LogP contribution is 2.60. The molecule has 0 saturated carbocycles. The third-order valence-electron chi connectivity index (χ3n) is 8.01. The van der Waals surface area contributed by atoms with Crippen LogP contribution in [0.2, 0.25) is 0 Å². The van der Waals surface area contributed by atoms with Crippen molar-refractivity contribution in [1.29, 1.82) is 0 Å². The largest absolute Gasteiger partial charge is 0.507 e. The number of aromatic hydroxyl groups is 2. The Morgan fingerprint density at radius 3 is 1.24 bits per heavy atom. The second-order valence-corrected chi connectivity index (χ2v) is 9.52. The van der Waals surface area contributed by atoms with E-state index in [2.05, 4.69) is 88.4 Å². The Hall–Kier alpha value is -3.52. The molecule has 0 atom stereocenters. The number of phenolic OH excluding ortho intramolecular Hbond substituents is 2. The first kappa shape index (κ1) is 21.3. The molecule has 5 rings (SSSR count). The minimum absolute atomic E-state index is 0.292. The van der Waals surface area contributed by atoms with Gasteiger partial charge in [-0.1, -0.05) is 60.7 Å². The number of aryl methyl sites for hydroxylation is 2. The molecule has 4 aromatic carbocycles. The van der Waals surface area contributed by atoms with Crippen molar-refractivity contribution in [2.24, 2.45) is 0 Å². The van der Waals surface area contributed by atoms with Crippen LogP contribution in [-0.2, 0) is 5.41 Å². The van der Waals surface area contributed by atoms with Crippen LogP contribution in [-0.4, -0.2) is 10.2 Å². The van der Waals surface area contributed by atoms with Crippen LogP contribution in [0.1, 0.15) is 55.6 Å². The molecule has 0 bridgehead atoms. The standard InChI is InChI=1S/C31H30O2/c1-17-15-27(29(32)21(5)19(17)3)31(28-16-18(2)20(4)22(6)30(28)33)25-13-9-7-11-23(25)24-12-8-10-14-26(24)31/h7-16,32-33H,1-6H3. The van der Waals surface area contributed by atoms with E-state index >= 15 is 0 Å². The molecule has 1 aliphatic carbocycles. The zero-order chi connectivity index (χ0) is 23.7. The fourth-order valence-electron chi connectivity index (χ4n) is 5.67. The van der Waals surface area contributed by atoms with Gasteiger partial charge in [-0.05, 0) is 97.2 Å². The van der Waals surface area contributed by atoms with Crippen LogP contribution in [0.15, 0.2) is 60.7 Å². The number of rotatable bonds is 2. The van der Waals surface area contributed by atoms with Gasteiger partial charge in [-0.25, -0.2) is 0 Å². The van der Waals surface area contributed by atoms with Gasteiger partial charge in [-0.15, -0.1) is 0 Å². The average molecular weight is 435 g/mol. The van der Waals surface area contributed by atoms with E-state index in [0.29, 0.717) is 11.5 Å². The summed E-state index contributed by atoms with van der Waals surface area (Å²) in [5.74, 6) is 0.583. The monoisotopic (exact) mass is 434 g/mol.